The molecule has 4 aliphatic rings. The van der Waals surface area contributed by atoms with Crippen molar-refractivity contribution in [2.45, 2.75) is 37.5 Å². The number of nitrogens with two attached hydrogens (primary N) is 2. The summed E-state index contributed by atoms with van der Waals surface area (Å²) in [5, 5.41) is 9.42. The number of nitrogens with one attached hydrogen (secondary N) is 1. The van der Waals surface area contributed by atoms with Gasteiger partial charge in [0.2, 0.25) is 0 Å². The van der Waals surface area contributed by atoms with E-state index in [0.29, 0.717) is 28.8 Å². The molecule has 0 bridgehead atoms. The maximum absolute atomic E-state index is 13.2. The first-order chi connectivity index (χ1) is 32.3. The maximum Gasteiger partial charge on any atom is 0.257 e. The molecule has 4 fully saturated rings. The molecule has 5 N–H and O–H groups in total. The molecule has 12 heteroatoms. The average Bonchev–Trinajstić information content (AvgIpc) is 4.26. The van der Waals surface area contributed by atoms with Gasteiger partial charge in [-0.1, -0.05) is 48.5 Å². The number of pyridine rings is 2. The Hall–Kier alpha value is -6.47. The third kappa shape index (κ3) is 8.80. The van der Waals surface area contributed by atoms with Crippen molar-refractivity contribution in [2.75, 3.05) is 90.9 Å². The SMILES string of the molecule is CN1CCN(c2ccc3cc(C(=O)Nc4cc(-c5cccs5)ccc4N)cnc3c2C2CC2)CC1.Nc1ccc(-c2cccs2)cc1N1CCN(c2ccc3cccc(C4CC4)c3n2)CC1. The van der Waals surface area contributed by atoms with Crippen LogP contribution in [0.4, 0.5) is 34.3 Å². The molecule has 4 aromatic carbocycles. The van der Waals surface area contributed by atoms with Crippen molar-refractivity contribution in [1.29, 1.82) is 0 Å². The summed E-state index contributed by atoms with van der Waals surface area (Å²) < 4.78 is 0. The van der Waals surface area contributed by atoms with Gasteiger partial charge in [0.15, 0.2) is 0 Å². The van der Waals surface area contributed by atoms with Crippen molar-refractivity contribution < 1.29 is 4.79 Å². The second kappa shape index (κ2) is 18.1. The third-order valence-corrected chi connectivity index (χ3v) is 15.4. The molecule has 66 heavy (non-hydrogen) atoms. The second-order valence-corrected chi connectivity index (χ2v) is 20.1. The Kier molecular flexibility index (Phi) is 11.6. The highest BCUT2D eigenvalue weighted by Gasteiger charge is 2.32. The molecule has 2 aliphatic carbocycles. The lowest BCUT2D eigenvalue weighted by Gasteiger charge is -2.37. The number of nitrogen functional groups attached to an aromatic ring is 2. The molecule has 2 saturated carbocycles. The Labute approximate surface area is 394 Å². The van der Waals surface area contributed by atoms with Crippen molar-refractivity contribution >= 4 is 84.6 Å². The van der Waals surface area contributed by atoms with Gasteiger partial charge in [0.25, 0.3) is 5.91 Å². The van der Waals surface area contributed by atoms with Crippen LogP contribution in [0, 0.1) is 0 Å². The zero-order valence-corrected chi connectivity index (χ0v) is 39.0. The van der Waals surface area contributed by atoms with Gasteiger partial charge >= 0.3 is 0 Å². The van der Waals surface area contributed by atoms with Gasteiger partial charge in [-0.15, -0.1) is 22.7 Å². The van der Waals surface area contributed by atoms with Crippen LogP contribution >= 0.6 is 22.7 Å². The molecule has 0 radical (unpaired) electrons. The molecule has 8 aromatic rings. The first-order valence-electron chi connectivity index (χ1n) is 23.3. The molecule has 0 unspecified atom stereocenters. The van der Waals surface area contributed by atoms with Gasteiger partial charge in [0.05, 0.1) is 39.3 Å². The standard InChI is InChI=1S/C28H29N5OS.C26H26N4S/c1-32-10-12-33(13-11-32)24-9-7-20-15-21(17-30-27(20)26(24)18-4-5-18)28(34)31-23-16-19(6-8-22(23)29)25-3-2-14-35-25;27-22-10-8-20(24-5-2-16-31-24)17-23(22)29-12-14-30(15-13-29)25-11-9-19-3-1-4-21(18-6-7-18)26(19)28-25/h2-3,6-9,14-18H,4-5,10-13,29H2,1H3,(H,31,34);1-5,8-11,16-18H,6-7,12-15,27H2. The maximum atomic E-state index is 13.2. The van der Waals surface area contributed by atoms with Crippen LogP contribution < -0.4 is 31.5 Å². The Balaban J connectivity index is 0.000000147. The zero-order chi connectivity index (χ0) is 44.7. The lowest BCUT2D eigenvalue weighted by atomic mass is 10.0. The fourth-order valence-corrected chi connectivity index (χ4v) is 11.0. The predicted molar refractivity (Wildman–Crippen MR) is 278 cm³/mol. The molecule has 0 atom stereocenters. The molecule has 2 saturated heterocycles. The fraction of sp³-hybridized carbons (Fsp3) is 0.278. The molecular weight excluding hydrogens is 855 g/mol. The fourth-order valence-electron chi connectivity index (χ4n) is 9.54. The number of hydrogen-bond acceptors (Lipinski definition) is 11. The van der Waals surface area contributed by atoms with Gasteiger partial charge in [-0.2, -0.15) is 0 Å². The monoisotopic (exact) mass is 909 g/mol. The molecule has 0 spiro atoms. The number of carbonyl (C=O) groups excluding carboxylic acids is 1. The van der Waals surface area contributed by atoms with Gasteiger partial charge in [0.1, 0.15) is 5.82 Å². The Bertz CT molecular complexity index is 3020. The highest BCUT2D eigenvalue weighted by molar-refractivity contribution is 7.13. The lowest BCUT2D eigenvalue weighted by molar-refractivity contribution is 0.102. The Morgan fingerprint density at radius 3 is 1.97 bits per heavy atom. The molecule has 2 aliphatic heterocycles. The van der Waals surface area contributed by atoms with Gasteiger partial charge in [-0.05, 0) is 133 Å². The first-order valence-corrected chi connectivity index (χ1v) is 25.0. The number of fused-ring (bicyclic) bond motifs is 2. The molecule has 334 valence electrons. The van der Waals surface area contributed by atoms with Gasteiger partial charge in [-0.25, -0.2) is 4.98 Å². The van der Waals surface area contributed by atoms with E-state index < -0.39 is 0 Å². The number of thiophene rings is 2. The number of para-hydroxylation sites is 1. The van der Waals surface area contributed by atoms with Crippen molar-refractivity contribution in [1.82, 2.24) is 14.9 Å². The molecule has 6 heterocycles. The van der Waals surface area contributed by atoms with Crippen LogP contribution in [0.25, 0.3) is 42.7 Å². The number of benzene rings is 4. The van der Waals surface area contributed by atoms with Crippen molar-refractivity contribution in [3.8, 4) is 20.9 Å². The number of likely N-dealkylation sites (N-methyl/N-ethyl adjacent to an activating group) is 1. The summed E-state index contributed by atoms with van der Waals surface area (Å²) in [6.07, 6.45) is 6.73. The summed E-state index contributed by atoms with van der Waals surface area (Å²) >= 11 is 3.43. The van der Waals surface area contributed by atoms with E-state index in [1.54, 1.807) is 28.9 Å². The topological polar surface area (TPSA) is 120 Å². The number of rotatable bonds is 9. The molecule has 1 amide bonds. The van der Waals surface area contributed by atoms with Gasteiger partial charge in [-0.3, -0.25) is 9.78 Å². The predicted octanol–water partition coefficient (Wildman–Crippen LogP) is 11.2. The van der Waals surface area contributed by atoms with Crippen LogP contribution in [0.2, 0.25) is 0 Å². The summed E-state index contributed by atoms with van der Waals surface area (Å²) in [5.74, 6) is 2.17. The van der Waals surface area contributed by atoms with E-state index in [1.807, 2.05) is 41.8 Å². The number of carbonyl (C=O) groups is 1. The van der Waals surface area contributed by atoms with E-state index in [4.69, 9.17) is 21.4 Å². The summed E-state index contributed by atoms with van der Waals surface area (Å²) in [5.41, 5.74) is 24.8. The lowest BCUT2D eigenvalue weighted by Crippen LogP contribution is -2.47. The molecular formula is C54H55N9OS2. The highest BCUT2D eigenvalue weighted by atomic mass is 32.1. The highest BCUT2D eigenvalue weighted by Crippen LogP contribution is 2.48. The molecule has 12 rings (SSSR count). The Morgan fingerprint density at radius 1 is 0.621 bits per heavy atom. The van der Waals surface area contributed by atoms with E-state index in [0.717, 1.165) is 90.9 Å². The minimum Gasteiger partial charge on any atom is -0.397 e. The van der Waals surface area contributed by atoms with Crippen LogP contribution in [0.5, 0.6) is 0 Å². The Morgan fingerprint density at radius 2 is 1.27 bits per heavy atom. The summed E-state index contributed by atoms with van der Waals surface area (Å²) in [6.45, 7) is 8.02. The van der Waals surface area contributed by atoms with Gasteiger partial charge < -0.3 is 36.4 Å². The van der Waals surface area contributed by atoms with E-state index in [-0.39, 0.29) is 5.91 Å². The quantitative estimate of drug-likeness (QED) is 0.122. The minimum atomic E-state index is -0.203. The summed E-state index contributed by atoms with van der Waals surface area (Å²) in [4.78, 5) is 35.2. The summed E-state index contributed by atoms with van der Waals surface area (Å²) in [7, 11) is 2.18. The van der Waals surface area contributed by atoms with Crippen LogP contribution in [0.1, 0.15) is 59.0 Å². The second-order valence-electron chi connectivity index (χ2n) is 18.2. The number of aromatic nitrogens is 2. The van der Waals surface area contributed by atoms with Crippen LogP contribution in [-0.2, 0) is 0 Å². The number of anilines is 6. The van der Waals surface area contributed by atoms with E-state index in [2.05, 4.69) is 110 Å². The van der Waals surface area contributed by atoms with E-state index in [9.17, 15) is 4.79 Å². The summed E-state index contributed by atoms with van der Waals surface area (Å²) in [6, 6.07) is 37.8. The van der Waals surface area contributed by atoms with Crippen molar-refractivity contribution in [2.24, 2.45) is 0 Å². The third-order valence-electron chi connectivity index (χ3n) is 13.6. The van der Waals surface area contributed by atoms with Crippen LogP contribution in [-0.4, -0.2) is 80.2 Å². The molecule has 10 nitrogen and oxygen atoms in total. The number of hydrogen-bond donors (Lipinski definition) is 3. The van der Waals surface area contributed by atoms with Crippen LogP contribution in [0.15, 0.2) is 126 Å². The van der Waals surface area contributed by atoms with Crippen molar-refractivity contribution in [3.63, 3.8) is 0 Å². The largest absolute Gasteiger partial charge is 0.397 e. The smallest absolute Gasteiger partial charge is 0.257 e. The normalized spacial score (nSPS) is 16.7. The van der Waals surface area contributed by atoms with Crippen molar-refractivity contribution in [3.05, 3.63) is 143 Å². The van der Waals surface area contributed by atoms with E-state index in [1.165, 1.54) is 63.8 Å². The first kappa shape index (κ1) is 42.2. The van der Waals surface area contributed by atoms with Gasteiger partial charge in [0, 0.05) is 90.3 Å². The minimum absolute atomic E-state index is 0.203. The number of amides is 1. The zero-order valence-electron chi connectivity index (χ0n) is 37.3. The number of nitrogens with zero attached hydrogens (tertiary/aromatic N) is 6. The molecule has 4 aromatic heterocycles. The average molecular weight is 910 g/mol. The number of piperazine rings is 2. The van der Waals surface area contributed by atoms with Crippen LogP contribution in [0.3, 0.4) is 0 Å². The van der Waals surface area contributed by atoms with E-state index >= 15 is 0 Å².